The minimum absolute atomic E-state index is 0. The first kappa shape index (κ1) is 22.5. The van der Waals surface area contributed by atoms with Crippen molar-refractivity contribution in [2.45, 2.75) is 19.4 Å². The number of para-hydroxylation sites is 1. The molecule has 0 bridgehead atoms. The van der Waals surface area contributed by atoms with E-state index in [0.29, 0.717) is 24.9 Å². The van der Waals surface area contributed by atoms with Crippen molar-refractivity contribution in [3.05, 3.63) is 54.0 Å². The van der Waals surface area contributed by atoms with Crippen LogP contribution in [0.4, 0.5) is 5.69 Å². The number of halogens is 1. The first-order valence-corrected chi connectivity index (χ1v) is 10.3. The highest BCUT2D eigenvalue weighted by atomic mass is 127. The molecule has 0 spiro atoms. The molecule has 1 aromatic carbocycles. The van der Waals surface area contributed by atoms with Crippen molar-refractivity contribution in [2.75, 3.05) is 51.2 Å². The van der Waals surface area contributed by atoms with E-state index >= 15 is 0 Å². The molecule has 1 amide bonds. The lowest BCUT2D eigenvalue weighted by molar-refractivity contribution is 0.0658. The molecule has 2 aliphatic rings. The molecule has 7 nitrogen and oxygen atoms in total. The van der Waals surface area contributed by atoms with E-state index in [2.05, 4.69) is 51.3 Å². The lowest BCUT2D eigenvalue weighted by Gasteiger charge is -2.36. The zero-order chi connectivity index (χ0) is 20.2. The number of furan rings is 1. The number of hydrogen-bond donors (Lipinski definition) is 1. The predicted molar refractivity (Wildman–Crippen MR) is 130 cm³/mol. The molecule has 1 unspecified atom stereocenters. The highest BCUT2D eigenvalue weighted by molar-refractivity contribution is 14.0. The van der Waals surface area contributed by atoms with Gasteiger partial charge in [-0.2, -0.15) is 0 Å². The molecule has 162 valence electrons. The highest BCUT2D eigenvalue weighted by Crippen LogP contribution is 2.31. The number of amides is 1. The third-order valence-corrected chi connectivity index (χ3v) is 5.79. The van der Waals surface area contributed by atoms with Crippen LogP contribution >= 0.6 is 24.0 Å². The Morgan fingerprint density at radius 2 is 1.87 bits per heavy atom. The number of benzene rings is 1. The summed E-state index contributed by atoms with van der Waals surface area (Å²) in [6.45, 7) is 6.90. The number of rotatable bonds is 4. The number of anilines is 1. The molecule has 3 heterocycles. The fourth-order valence-corrected chi connectivity index (χ4v) is 4.27. The summed E-state index contributed by atoms with van der Waals surface area (Å²) in [6.07, 6.45) is 2.64. The summed E-state index contributed by atoms with van der Waals surface area (Å²) in [4.78, 5) is 23.4. The highest BCUT2D eigenvalue weighted by Gasteiger charge is 2.27. The van der Waals surface area contributed by atoms with Gasteiger partial charge in [-0.3, -0.25) is 9.79 Å². The van der Waals surface area contributed by atoms with Crippen LogP contribution in [0.1, 0.15) is 23.0 Å². The molecule has 2 aromatic rings. The quantitative estimate of drug-likeness (QED) is 0.380. The largest absolute Gasteiger partial charge is 0.459 e. The van der Waals surface area contributed by atoms with Gasteiger partial charge < -0.3 is 24.4 Å². The van der Waals surface area contributed by atoms with Crippen LogP contribution in [-0.4, -0.2) is 74.0 Å². The normalized spacial score (nSPS) is 18.8. The van der Waals surface area contributed by atoms with Crippen molar-refractivity contribution < 1.29 is 9.21 Å². The van der Waals surface area contributed by atoms with Crippen molar-refractivity contribution >= 4 is 41.5 Å². The zero-order valence-corrected chi connectivity index (χ0v) is 19.9. The number of aliphatic imine (C=N–C) groups is 1. The smallest absolute Gasteiger partial charge is 0.289 e. The van der Waals surface area contributed by atoms with Gasteiger partial charge in [0.05, 0.1) is 6.26 Å². The van der Waals surface area contributed by atoms with Crippen molar-refractivity contribution in [3.8, 4) is 0 Å². The van der Waals surface area contributed by atoms with E-state index in [1.807, 2.05) is 11.9 Å². The summed E-state index contributed by atoms with van der Waals surface area (Å²) in [5, 5.41) is 3.50. The minimum Gasteiger partial charge on any atom is -0.459 e. The van der Waals surface area contributed by atoms with Gasteiger partial charge in [0.2, 0.25) is 0 Å². The predicted octanol–water partition coefficient (Wildman–Crippen LogP) is 2.68. The lowest BCUT2D eigenvalue weighted by atomic mass is 10.1. The average Bonchev–Trinajstić information content (AvgIpc) is 3.39. The van der Waals surface area contributed by atoms with E-state index in [-0.39, 0.29) is 29.9 Å². The fourth-order valence-electron chi connectivity index (χ4n) is 4.27. The summed E-state index contributed by atoms with van der Waals surface area (Å²) in [5.41, 5.74) is 2.78. The first-order valence-electron chi connectivity index (χ1n) is 10.3. The van der Waals surface area contributed by atoms with Crippen LogP contribution in [0.5, 0.6) is 0 Å². The maximum Gasteiger partial charge on any atom is 0.289 e. The van der Waals surface area contributed by atoms with Crippen LogP contribution in [0.3, 0.4) is 0 Å². The number of fused-ring (bicyclic) bond motifs is 1. The van der Waals surface area contributed by atoms with Crippen LogP contribution in [0.25, 0.3) is 0 Å². The Kier molecular flexibility index (Phi) is 7.63. The van der Waals surface area contributed by atoms with E-state index in [1.54, 1.807) is 12.1 Å². The molecule has 4 rings (SSSR count). The number of piperazine rings is 1. The van der Waals surface area contributed by atoms with Gasteiger partial charge in [0.1, 0.15) is 0 Å². The summed E-state index contributed by atoms with van der Waals surface area (Å²) < 4.78 is 5.23. The molecule has 1 fully saturated rings. The van der Waals surface area contributed by atoms with E-state index in [9.17, 15) is 4.79 Å². The van der Waals surface area contributed by atoms with Crippen LogP contribution in [0, 0.1) is 0 Å². The number of nitrogens with zero attached hydrogens (tertiary/aromatic N) is 4. The molecule has 8 heteroatoms. The van der Waals surface area contributed by atoms with Gasteiger partial charge in [0, 0.05) is 58.0 Å². The topological polar surface area (TPSA) is 64.3 Å². The molecule has 2 aliphatic heterocycles. The molecular weight excluding hydrogens is 493 g/mol. The molecule has 1 saturated heterocycles. The molecule has 0 aliphatic carbocycles. The van der Waals surface area contributed by atoms with Gasteiger partial charge in [0.25, 0.3) is 5.91 Å². The Labute approximate surface area is 195 Å². The first-order chi connectivity index (χ1) is 14.2. The van der Waals surface area contributed by atoms with Crippen molar-refractivity contribution in [1.82, 2.24) is 15.1 Å². The monoisotopic (exact) mass is 523 g/mol. The second kappa shape index (κ2) is 10.2. The Bertz CT molecular complexity index is 862. The zero-order valence-electron chi connectivity index (χ0n) is 17.6. The van der Waals surface area contributed by atoms with Gasteiger partial charge in [-0.25, -0.2) is 0 Å². The molecule has 1 N–H and O–H groups in total. The SMILES string of the molecule is CN=C(NCCN1c2ccccc2CC1C)N1CCN(C(=O)c2ccco2)CC1.I. The Morgan fingerprint density at radius 1 is 1.13 bits per heavy atom. The molecule has 1 atom stereocenters. The van der Waals surface area contributed by atoms with Crippen LogP contribution < -0.4 is 10.2 Å². The average molecular weight is 523 g/mol. The third kappa shape index (κ3) is 4.74. The fraction of sp³-hybridized carbons (Fsp3) is 0.455. The maximum atomic E-state index is 12.4. The standard InChI is InChI=1S/C22H29N5O2.HI/c1-17-16-18-6-3-4-7-19(18)27(17)10-9-24-22(23-2)26-13-11-25(12-14-26)21(28)20-8-5-15-29-20;/h3-8,15,17H,9-14,16H2,1-2H3,(H,23,24);1H. The van der Waals surface area contributed by atoms with Crippen LogP contribution in [0.2, 0.25) is 0 Å². The second-order valence-electron chi connectivity index (χ2n) is 7.61. The van der Waals surface area contributed by atoms with Gasteiger partial charge >= 0.3 is 0 Å². The van der Waals surface area contributed by atoms with Gasteiger partial charge in [-0.15, -0.1) is 24.0 Å². The molecule has 1 aromatic heterocycles. The van der Waals surface area contributed by atoms with Gasteiger partial charge in [0.15, 0.2) is 11.7 Å². The van der Waals surface area contributed by atoms with Crippen molar-refractivity contribution in [2.24, 2.45) is 4.99 Å². The number of hydrogen-bond acceptors (Lipinski definition) is 4. The molecule has 0 saturated carbocycles. The van der Waals surface area contributed by atoms with E-state index in [0.717, 1.165) is 38.6 Å². The Balaban J connectivity index is 0.00000256. The number of carbonyl (C=O) groups is 1. The van der Waals surface area contributed by atoms with Gasteiger partial charge in [-0.05, 0) is 37.1 Å². The van der Waals surface area contributed by atoms with Crippen molar-refractivity contribution in [3.63, 3.8) is 0 Å². The molecular formula is C22H30IN5O2. The molecule has 0 radical (unpaired) electrons. The minimum atomic E-state index is -0.0423. The Morgan fingerprint density at radius 3 is 2.57 bits per heavy atom. The van der Waals surface area contributed by atoms with E-state index in [1.165, 1.54) is 17.5 Å². The number of nitrogens with one attached hydrogen (secondary N) is 1. The summed E-state index contributed by atoms with van der Waals surface area (Å²) in [5.74, 6) is 1.26. The third-order valence-electron chi connectivity index (χ3n) is 5.79. The van der Waals surface area contributed by atoms with Gasteiger partial charge in [-0.1, -0.05) is 18.2 Å². The maximum absolute atomic E-state index is 12.4. The van der Waals surface area contributed by atoms with Crippen LogP contribution in [0.15, 0.2) is 52.1 Å². The Hall–Kier alpha value is -2.23. The van der Waals surface area contributed by atoms with Crippen LogP contribution in [-0.2, 0) is 6.42 Å². The van der Waals surface area contributed by atoms with E-state index < -0.39 is 0 Å². The second-order valence-corrected chi connectivity index (χ2v) is 7.61. The van der Waals surface area contributed by atoms with E-state index in [4.69, 9.17) is 4.42 Å². The summed E-state index contributed by atoms with van der Waals surface area (Å²) >= 11 is 0. The summed E-state index contributed by atoms with van der Waals surface area (Å²) in [6, 6.07) is 12.6. The number of guanidine groups is 1. The summed E-state index contributed by atoms with van der Waals surface area (Å²) in [7, 11) is 1.82. The number of carbonyl (C=O) groups excluding carboxylic acids is 1. The molecule has 30 heavy (non-hydrogen) atoms. The lowest BCUT2D eigenvalue weighted by Crippen LogP contribution is -2.54. The van der Waals surface area contributed by atoms with Crippen molar-refractivity contribution in [1.29, 1.82) is 0 Å².